The Balaban J connectivity index is 1.51. The molecular formula is C30H20BNS. The highest BCUT2D eigenvalue weighted by molar-refractivity contribution is 7.26. The van der Waals surface area contributed by atoms with Gasteiger partial charge in [0.15, 0.2) is 0 Å². The van der Waals surface area contributed by atoms with Crippen LogP contribution in [0, 0.1) is 0 Å². The van der Waals surface area contributed by atoms with Crippen molar-refractivity contribution in [2.24, 2.45) is 0 Å². The predicted molar refractivity (Wildman–Crippen MR) is 145 cm³/mol. The number of thiophene rings is 1. The van der Waals surface area contributed by atoms with E-state index < -0.39 is 0 Å². The highest BCUT2D eigenvalue weighted by Crippen LogP contribution is 2.40. The Labute approximate surface area is 197 Å². The summed E-state index contributed by atoms with van der Waals surface area (Å²) in [6.45, 7) is 0.105. The Morgan fingerprint density at radius 3 is 2.15 bits per heavy atom. The van der Waals surface area contributed by atoms with Gasteiger partial charge in [-0.15, -0.1) is 11.3 Å². The summed E-state index contributed by atoms with van der Waals surface area (Å²) in [5.41, 5.74) is 7.74. The summed E-state index contributed by atoms with van der Waals surface area (Å²) < 4.78 is 2.69. The van der Waals surface area contributed by atoms with E-state index in [4.69, 9.17) is 0 Å². The van der Waals surface area contributed by atoms with E-state index in [1.165, 1.54) is 53.6 Å². The van der Waals surface area contributed by atoms with E-state index in [-0.39, 0.29) is 6.85 Å². The van der Waals surface area contributed by atoms with E-state index in [1.54, 1.807) is 0 Å². The summed E-state index contributed by atoms with van der Waals surface area (Å²) in [5.74, 6) is 0. The molecule has 7 rings (SSSR count). The van der Waals surface area contributed by atoms with Crippen molar-refractivity contribution in [1.29, 1.82) is 0 Å². The molecule has 1 aromatic heterocycles. The maximum Gasteiger partial charge on any atom is 0.328 e. The number of hydrogen-bond donors (Lipinski definition) is 0. The second kappa shape index (κ2) is 7.36. The van der Waals surface area contributed by atoms with Crippen molar-refractivity contribution in [3.8, 4) is 11.1 Å². The molecule has 0 radical (unpaired) electrons. The van der Waals surface area contributed by atoms with Crippen molar-refractivity contribution in [3.63, 3.8) is 0 Å². The quantitative estimate of drug-likeness (QED) is 0.264. The van der Waals surface area contributed by atoms with E-state index in [2.05, 4.69) is 126 Å². The van der Waals surface area contributed by atoms with Gasteiger partial charge in [-0.3, -0.25) is 0 Å². The number of fused-ring (bicyclic) bond motifs is 6. The molecule has 0 bridgehead atoms. The van der Waals surface area contributed by atoms with Crippen LogP contribution in [0.3, 0.4) is 0 Å². The molecule has 0 aliphatic carbocycles. The van der Waals surface area contributed by atoms with Crippen LogP contribution in [-0.2, 0) is 0 Å². The van der Waals surface area contributed by atoms with Gasteiger partial charge in [-0.05, 0) is 46.8 Å². The minimum absolute atomic E-state index is 0.105. The molecule has 5 aromatic carbocycles. The second-order valence-corrected chi connectivity index (χ2v) is 9.65. The zero-order valence-corrected chi connectivity index (χ0v) is 18.8. The molecule has 0 unspecified atom stereocenters. The van der Waals surface area contributed by atoms with Gasteiger partial charge in [-0.25, -0.2) is 0 Å². The molecule has 6 aromatic rings. The van der Waals surface area contributed by atoms with E-state index in [0.29, 0.717) is 0 Å². The van der Waals surface area contributed by atoms with Gasteiger partial charge in [0.2, 0.25) is 0 Å². The Morgan fingerprint density at radius 2 is 1.24 bits per heavy atom. The van der Waals surface area contributed by atoms with Gasteiger partial charge in [-0.2, -0.15) is 0 Å². The number of hydrogen-bond acceptors (Lipinski definition) is 2. The number of nitrogens with zero attached hydrogens (tertiary/aromatic N) is 1. The van der Waals surface area contributed by atoms with Gasteiger partial charge >= 0.3 is 6.85 Å². The van der Waals surface area contributed by atoms with Crippen LogP contribution in [0.2, 0.25) is 0 Å². The van der Waals surface area contributed by atoms with Crippen LogP contribution in [0.1, 0.15) is 0 Å². The lowest BCUT2D eigenvalue weighted by Gasteiger charge is -2.38. The van der Waals surface area contributed by atoms with Crippen molar-refractivity contribution in [3.05, 3.63) is 121 Å². The molecule has 0 spiro atoms. The van der Waals surface area contributed by atoms with Crippen LogP contribution in [0.25, 0.3) is 31.3 Å². The first-order valence-corrected chi connectivity index (χ1v) is 12.1. The van der Waals surface area contributed by atoms with Crippen molar-refractivity contribution in [2.75, 3.05) is 4.81 Å². The molecule has 0 amide bonds. The minimum atomic E-state index is 0.105. The van der Waals surface area contributed by atoms with Crippen LogP contribution in [-0.4, -0.2) is 6.85 Å². The van der Waals surface area contributed by atoms with Gasteiger partial charge < -0.3 is 4.81 Å². The highest BCUT2D eigenvalue weighted by atomic mass is 32.1. The van der Waals surface area contributed by atoms with E-state index in [0.717, 1.165) is 0 Å². The first kappa shape index (κ1) is 18.7. The van der Waals surface area contributed by atoms with Crippen LogP contribution >= 0.6 is 11.3 Å². The van der Waals surface area contributed by atoms with E-state index in [9.17, 15) is 0 Å². The third-order valence-corrected chi connectivity index (χ3v) is 7.85. The molecule has 0 saturated carbocycles. The van der Waals surface area contributed by atoms with Crippen LogP contribution in [0.4, 0.5) is 11.4 Å². The maximum atomic E-state index is 2.51. The number of benzene rings is 5. The fraction of sp³-hybridized carbons (Fsp3) is 0. The second-order valence-electron chi connectivity index (χ2n) is 8.57. The fourth-order valence-electron chi connectivity index (χ4n) is 5.29. The lowest BCUT2D eigenvalue weighted by molar-refractivity contribution is 1.36. The lowest BCUT2D eigenvalue weighted by atomic mass is 9.45. The number of rotatable bonds is 2. The fourth-order valence-corrected chi connectivity index (χ4v) is 6.44. The summed E-state index contributed by atoms with van der Waals surface area (Å²) in [4.78, 5) is 2.51. The monoisotopic (exact) mass is 437 g/mol. The highest BCUT2D eigenvalue weighted by Gasteiger charge is 2.36. The Bertz CT molecular complexity index is 1640. The van der Waals surface area contributed by atoms with Gasteiger partial charge in [-0.1, -0.05) is 91.0 Å². The standard InChI is InChI=1S/C30H20BNS/c1-2-10-22(11-3-1)32-28-16-8-5-13-24(28)23-12-4-7-15-27(23)31(32)21-18-19-26-25-14-6-9-17-29(25)33-30(26)20-21/h1-20H. The first-order chi connectivity index (χ1) is 16.4. The molecular weight excluding hydrogens is 417 g/mol. The molecule has 33 heavy (non-hydrogen) atoms. The molecule has 0 N–H and O–H groups in total. The first-order valence-electron chi connectivity index (χ1n) is 11.3. The average Bonchev–Trinajstić information content (AvgIpc) is 3.26. The SMILES string of the molecule is c1ccc(N2B(c3ccc4c(c3)sc3ccccc34)c3ccccc3-c3ccccc32)cc1. The summed E-state index contributed by atoms with van der Waals surface area (Å²) in [6.07, 6.45) is 0. The van der Waals surface area contributed by atoms with E-state index in [1.807, 2.05) is 11.3 Å². The van der Waals surface area contributed by atoms with E-state index >= 15 is 0 Å². The normalized spacial score (nSPS) is 12.7. The van der Waals surface area contributed by atoms with Gasteiger partial charge in [0, 0.05) is 37.1 Å². The van der Waals surface area contributed by atoms with Crippen molar-refractivity contribution < 1.29 is 0 Å². The van der Waals surface area contributed by atoms with Crippen LogP contribution in [0.5, 0.6) is 0 Å². The molecule has 1 aliphatic heterocycles. The summed E-state index contributed by atoms with van der Waals surface area (Å²) >= 11 is 1.89. The summed E-state index contributed by atoms with van der Waals surface area (Å²) in [6, 6.07) is 44.2. The number of para-hydroxylation sites is 2. The zero-order chi connectivity index (χ0) is 21.8. The molecule has 0 fully saturated rings. The third kappa shape index (κ3) is 2.86. The lowest BCUT2D eigenvalue weighted by Crippen LogP contribution is -2.57. The smallest absolute Gasteiger partial charge is 0.328 e. The molecule has 2 heterocycles. The summed E-state index contributed by atoms with van der Waals surface area (Å²) in [5, 5.41) is 2.69. The van der Waals surface area contributed by atoms with Crippen molar-refractivity contribution in [1.82, 2.24) is 0 Å². The Morgan fingerprint density at radius 1 is 0.545 bits per heavy atom. The topological polar surface area (TPSA) is 3.24 Å². The molecule has 1 nitrogen and oxygen atoms in total. The minimum Gasteiger partial charge on any atom is -0.376 e. The molecule has 0 saturated heterocycles. The number of anilines is 2. The molecule has 3 heteroatoms. The predicted octanol–water partition coefficient (Wildman–Crippen LogP) is 6.98. The molecule has 0 atom stereocenters. The zero-order valence-electron chi connectivity index (χ0n) is 18.0. The van der Waals surface area contributed by atoms with Crippen molar-refractivity contribution >= 4 is 60.7 Å². The Hall–Kier alpha value is -3.82. The maximum absolute atomic E-state index is 2.51. The Kier molecular flexibility index (Phi) is 4.18. The van der Waals surface area contributed by atoms with Gasteiger partial charge in [0.1, 0.15) is 0 Å². The third-order valence-electron chi connectivity index (χ3n) is 6.72. The van der Waals surface area contributed by atoms with Crippen molar-refractivity contribution in [2.45, 2.75) is 0 Å². The van der Waals surface area contributed by atoms with Crippen LogP contribution in [0.15, 0.2) is 121 Å². The molecule has 1 aliphatic rings. The molecule has 154 valence electrons. The van der Waals surface area contributed by atoms with Gasteiger partial charge in [0.05, 0.1) is 0 Å². The summed E-state index contributed by atoms with van der Waals surface area (Å²) in [7, 11) is 0. The van der Waals surface area contributed by atoms with Gasteiger partial charge in [0.25, 0.3) is 0 Å². The van der Waals surface area contributed by atoms with Crippen LogP contribution < -0.4 is 15.7 Å². The average molecular weight is 437 g/mol. The largest absolute Gasteiger partial charge is 0.376 e.